The molecule has 2 aromatic rings. The Labute approximate surface area is 173 Å². The summed E-state index contributed by atoms with van der Waals surface area (Å²) in [6.07, 6.45) is 0. The summed E-state index contributed by atoms with van der Waals surface area (Å²) in [4.78, 5) is 14.6. The van der Waals surface area contributed by atoms with E-state index in [2.05, 4.69) is 14.9 Å². The van der Waals surface area contributed by atoms with Crippen LogP contribution in [0.1, 0.15) is 28.4 Å². The van der Waals surface area contributed by atoms with Gasteiger partial charge in [-0.15, -0.1) is 0 Å². The molecule has 2 aromatic carbocycles. The van der Waals surface area contributed by atoms with Gasteiger partial charge in [0, 0.05) is 31.8 Å². The Bertz CT molecular complexity index is 895. The molecular weight excluding hydrogens is 390 g/mol. The van der Waals surface area contributed by atoms with Crippen LogP contribution in [0.15, 0.2) is 53.4 Å². The molecule has 0 fully saturated rings. The van der Waals surface area contributed by atoms with Crippen molar-refractivity contribution >= 4 is 15.9 Å². The number of sulfonamides is 1. The molecule has 0 heterocycles. The van der Waals surface area contributed by atoms with Gasteiger partial charge in [-0.25, -0.2) is 13.1 Å². The van der Waals surface area contributed by atoms with Crippen LogP contribution in [0.3, 0.4) is 0 Å². The third kappa shape index (κ3) is 7.25. The van der Waals surface area contributed by atoms with E-state index in [1.165, 1.54) is 36.9 Å². The van der Waals surface area contributed by atoms with Crippen molar-refractivity contribution in [2.45, 2.75) is 31.0 Å². The zero-order chi connectivity index (χ0) is 21.4. The number of carbonyl (C=O) groups is 1. The number of methoxy groups -OCH3 is 1. The standard InChI is InChI=1S/C21H29N3O4S/c1-16(15-28-4)23-29(26,27)20-11-9-19(10-12-20)21(25)22-13-17-5-7-18(8-6-17)14-24(2)3/h5-12,16,23H,13-15H2,1-4H3,(H,22,25)/t16-/m1/s1. The van der Waals surface area contributed by atoms with Gasteiger partial charge in [-0.3, -0.25) is 4.79 Å². The Kier molecular flexibility index (Phi) is 8.33. The lowest BCUT2D eigenvalue weighted by atomic mass is 10.1. The highest BCUT2D eigenvalue weighted by Gasteiger charge is 2.17. The highest BCUT2D eigenvalue weighted by atomic mass is 32.2. The minimum absolute atomic E-state index is 0.105. The van der Waals surface area contributed by atoms with E-state index in [0.717, 1.165) is 12.1 Å². The number of carbonyl (C=O) groups excluding carboxylic acids is 1. The highest BCUT2D eigenvalue weighted by Crippen LogP contribution is 2.12. The second kappa shape index (κ2) is 10.5. The Hall–Kier alpha value is -2.26. The van der Waals surface area contributed by atoms with E-state index in [9.17, 15) is 13.2 Å². The van der Waals surface area contributed by atoms with Gasteiger partial charge in [-0.1, -0.05) is 24.3 Å². The monoisotopic (exact) mass is 419 g/mol. The number of ether oxygens (including phenoxy) is 1. The van der Waals surface area contributed by atoms with Crippen LogP contribution in [0.25, 0.3) is 0 Å². The summed E-state index contributed by atoms with van der Waals surface area (Å²) >= 11 is 0. The molecule has 158 valence electrons. The summed E-state index contributed by atoms with van der Waals surface area (Å²) in [6, 6.07) is 13.6. The van der Waals surface area contributed by atoms with Gasteiger partial charge in [0.25, 0.3) is 5.91 Å². The number of rotatable bonds is 10. The van der Waals surface area contributed by atoms with Crippen LogP contribution in [0, 0.1) is 0 Å². The Morgan fingerprint density at radius 3 is 2.17 bits per heavy atom. The minimum Gasteiger partial charge on any atom is -0.383 e. The predicted octanol–water partition coefficient (Wildman–Crippen LogP) is 1.99. The van der Waals surface area contributed by atoms with Gasteiger partial charge in [0.2, 0.25) is 10.0 Å². The highest BCUT2D eigenvalue weighted by molar-refractivity contribution is 7.89. The molecule has 8 heteroatoms. The number of hydrogen-bond acceptors (Lipinski definition) is 5. The van der Waals surface area contributed by atoms with Crippen molar-refractivity contribution in [2.24, 2.45) is 0 Å². The number of benzene rings is 2. The summed E-state index contributed by atoms with van der Waals surface area (Å²) in [6.45, 7) is 3.25. The van der Waals surface area contributed by atoms with E-state index in [1.807, 2.05) is 38.4 Å². The van der Waals surface area contributed by atoms with Crippen LogP contribution in [0.2, 0.25) is 0 Å². The first-order valence-electron chi connectivity index (χ1n) is 9.33. The van der Waals surface area contributed by atoms with E-state index >= 15 is 0 Å². The molecule has 0 aliphatic rings. The van der Waals surface area contributed by atoms with Crippen molar-refractivity contribution in [3.8, 4) is 0 Å². The molecule has 0 spiro atoms. The van der Waals surface area contributed by atoms with E-state index in [-0.39, 0.29) is 23.5 Å². The van der Waals surface area contributed by atoms with Crippen LogP contribution in [-0.2, 0) is 27.8 Å². The second-order valence-electron chi connectivity index (χ2n) is 7.24. The predicted molar refractivity (Wildman–Crippen MR) is 113 cm³/mol. The third-order valence-electron chi connectivity index (χ3n) is 4.17. The zero-order valence-electron chi connectivity index (χ0n) is 17.3. The van der Waals surface area contributed by atoms with Crippen molar-refractivity contribution in [3.63, 3.8) is 0 Å². The van der Waals surface area contributed by atoms with E-state index < -0.39 is 10.0 Å². The fraction of sp³-hybridized carbons (Fsp3) is 0.381. The van der Waals surface area contributed by atoms with Crippen molar-refractivity contribution in [2.75, 3.05) is 27.8 Å². The van der Waals surface area contributed by atoms with E-state index in [4.69, 9.17) is 4.74 Å². The van der Waals surface area contributed by atoms with Gasteiger partial charge in [-0.2, -0.15) is 0 Å². The Morgan fingerprint density at radius 2 is 1.62 bits per heavy atom. The number of amides is 1. The molecule has 0 aliphatic carbocycles. The Balaban J connectivity index is 1.95. The maximum atomic E-state index is 12.4. The van der Waals surface area contributed by atoms with Gasteiger partial charge >= 0.3 is 0 Å². The van der Waals surface area contributed by atoms with Crippen LogP contribution in [0.4, 0.5) is 0 Å². The summed E-state index contributed by atoms with van der Waals surface area (Å²) in [5.41, 5.74) is 2.60. The molecule has 2 rings (SSSR count). The number of nitrogens with one attached hydrogen (secondary N) is 2. The van der Waals surface area contributed by atoms with Gasteiger partial charge in [0.1, 0.15) is 0 Å². The van der Waals surface area contributed by atoms with Gasteiger partial charge in [0.15, 0.2) is 0 Å². The lowest BCUT2D eigenvalue weighted by Gasteiger charge is -2.13. The molecule has 2 N–H and O–H groups in total. The van der Waals surface area contributed by atoms with Gasteiger partial charge in [-0.05, 0) is 56.4 Å². The molecule has 1 amide bonds. The molecule has 0 unspecified atom stereocenters. The van der Waals surface area contributed by atoms with Gasteiger partial charge in [0.05, 0.1) is 11.5 Å². The van der Waals surface area contributed by atoms with E-state index in [0.29, 0.717) is 12.1 Å². The summed E-state index contributed by atoms with van der Waals surface area (Å²) in [7, 11) is 1.88. The summed E-state index contributed by atoms with van der Waals surface area (Å²) in [5.74, 6) is -0.257. The van der Waals surface area contributed by atoms with Crippen LogP contribution in [-0.4, -0.2) is 53.1 Å². The molecule has 0 radical (unpaired) electrons. The molecule has 0 aromatic heterocycles. The largest absolute Gasteiger partial charge is 0.383 e. The van der Waals surface area contributed by atoms with Crippen molar-refractivity contribution < 1.29 is 17.9 Å². The van der Waals surface area contributed by atoms with Crippen molar-refractivity contribution in [1.29, 1.82) is 0 Å². The first-order valence-corrected chi connectivity index (χ1v) is 10.8. The first-order chi connectivity index (χ1) is 13.7. The quantitative estimate of drug-likeness (QED) is 0.615. The maximum absolute atomic E-state index is 12.4. The molecule has 0 bridgehead atoms. The Morgan fingerprint density at radius 1 is 1.03 bits per heavy atom. The number of nitrogens with zero attached hydrogens (tertiary/aromatic N) is 1. The molecule has 0 saturated heterocycles. The van der Waals surface area contributed by atoms with Gasteiger partial charge < -0.3 is 15.0 Å². The van der Waals surface area contributed by atoms with Crippen LogP contribution in [0.5, 0.6) is 0 Å². The molecule has 7 nitrogen and oxygen atoms in total. The van der Waals surface area contributed by atoms with Crippen LogP contribution < -0.4 is 10.0 Å². The summed E-state index contributed by atoms with van der Waals surface area (Å²) < 4.78 is 32.1. The average molecular weight is 420 g/mol. The fourth-order valence-electron chi connectivity index (χ4n) is 2.81. The maximum Gasteiger partial charge on any atom is 0.251 e. The van der Waals surface area contributed by atoms with Crippen LogP contribution >= 0.6 is 0 Å². The third-order valence-corrected chi connectivity index (χ3v) is 5.78. The molecule has 29 heavy (non-hydrogen) atoms. The fourth-order valence-corrected chi connectivity index (χ4v) is 4.04. The second-order valence-corrected chi connectivity index (χ2v) is 8.95. The topological polar surface area (TPSA) is 87.7 Å². The first kappa shape index (κ1) is 23.0. The van der Waals surface area contributed by atoms with E-state index in [1.54, 1.807) is 6.92 Å². The normalized spacial score (nSPS) is 12.7. The van der Waals surface area contributed by atoms with Crippen molar-refractivity contribution in [1.82, 2.24) is 14.9 Å². The smallest absolute Gasteiger partial charge is 0.251 e. The molecule has 1 atom stereocenters. The lowest BCUT2D eigenvalue weighted by Crippen LogP contribution is -2.35. The lowest BCUT2D eigenvalue weighted by molar-refractivity contribution is 0.0951. The average Bonchev–Trinajstić information content (AvgIpc) is 2.66. The molecule has 0 aliphatic heterocycles. The molecule has 0 saturated carbocycles. The molecular formula is C21H29N3O4S. The zero-order valence-corrected chi connectivity index (χ0v) is 18.1. The van der Waals surface area contributed by atoms with Crippen molar-refractivity contribution in [3.05, 3.63) is 65.2 Å². The summed E-state index contributed by atoms with van der Waals surface area (Å²) in [5, 5.41) is 2.85. The number of hydrogen-bond donors (Lipinski definition) is 2. The SMILES string of the molecule is COC[C@@H](C)NS(=O)(=O)c1ccc(C(=O)NCc2ccc(CN(C)C)cc2)cc1. The minimum atomic E-state index is -3.66.